The summed E-state index contributed by atoms with van der Waals surface area (Å²) in [4.78, 5) is 10.9. The van der Waals surface area contributed by atoms with E-state index in [4.69, 9.17) is 14.7 Å². The van der Waals surface area contributed by atoms with Crippen molar-refractivity contribution in [3.05, 3.63) is 10.6 Å². The van der Waals surface area contributed by atoms with Gasteiger partial charge in [-0.05, 0) is 25.7 Å². The quantitative estimate of drug-likeness (QED) is 0.790. The summed E-state index contributed by atoms with van der Waals surface area (Å²) >= 11 is 1.78. The van der Waals surface area contributed by atoms with Crippen molar-refractivity contribution in [2.24, 2.45) is 10.9 Å². The number of piperidine rings is 3. The van der Waals surface area contributed by atoms with Gasteiger partial charge in [0.2, 0.25) is 0 Å². The maximum Gasteiger partial charge on any atom is 0.373 e. The third-order valence-corrected chi connectivity index (χ3v) is 7.35. The Morgan fingerprint density at radius 2 is 2.09 bits per heavy atom. The number of aryl methyl sites for hydroxylation is 2. The molecule has 4 aliphatic heterocycles. The van der Waals surface area contributed by atoms with Gasteiger partial charge >= 0.3 is 7.98 Å². The van der Waals surface area contributed by atoms with E-state index >= 15 is 0 Å². The summed E-state index contributed by atoms with van der Waals surface area (Å²) in [6.07, 6.45) is 7.45. The van der Waals surface area contributed by atoms with Crippen molar-refractivity contribution in [1.29, 1.82) is 0 Å². The number of anilines is 1. The highest BCUT2D eigenvalue weighted by molar-refractivity contribution is 7.15. The number of nitrogens with zero attached hydrogens (tertiary/aromatic N) is 3. The number of hydrogen-bond acceptors (Lipinski definition) is 5. The van der Waals surface area contributed by atoms with E-state index in [0.717, 1.165) is 29.0 Å². The molecule has 5 heterocycles. The topological polar surface area (TPSA) is 46.5 Å². The van der Waals surface area contributed by atoms with Crippen LogP contribution in [0.15, 0.2) is 4.99 Å². The maximum atomic E-state index is 6.41. The molecule has 5 nitrogen and oxygen atoms in total. The first-order chi connectivity index (χ1) is 11.1. The first-order valence-electron chi connectivity index (χ1n) is 8.97. The molecular weight excluding hydrogens is 307 g/mol. The van der Waals surface area contributed by atoms with Crippen molar-refractivity contribution >= 4 is 30.5 Å². The average Bonchev–Trinajstić information content (AvgIpc) is 3.11. The molecule has 23 heavy (non-hydrogen) atoms. The number of ether oxygens (including phenoxy) is 1. The molecule has 1 unspecified atom stereocenters. The maximum absolute atomic E-state index is 6.41. The third kappa shape index (κ3) is 2.31. The number of rotatable bonds is 1. The molecule has 1 N–H and O–H groups in total. The SMILES string of the molecule is B[N+]12CCC(CC1)C1(CN=C(Nc3nc4c(s3)CCCC4)O1)C2. The number of quaternary nitrogens is 1. The van der Waals surface area contributed by atoms with E-state index in [1.165, 1.54) is 55.8 Å². The Morgan fingerprint density at radius 3 is 2.87 bits per heavy atom. The summed E-state index contributed by atoms with van der Waals surface area (Å²) in [5, 5.41) is 4.34. The zero-order valence-corrected chi connectivity index (χ0v) is 14.6. The van der Waals surface area contributed by atoms with Crippen LogP contribution in [0.3, 0.4) is 0 Å². The summed E-state index contributed by atoms with van der Waals surface area (Å²) in [6, 6.07) is 0.705. The summed E-state index contributed by atoms with van der Waals surface area (Å²) in [6.45, 7) is 4.54. The van der Waals surface area contributed by atoms with Crippen molar-refractivity contribution in [3.8, 4) is 0 Å². The molecule has 1 spiro atoms. The predicted molar refractivity (Wildman–Crippen MR) is 94.6 cm³/mol. The standard InChI is InChI=1S/C16H24BN4OS/c17-21-7-5-11(6-8-21)16(10-21)9-18-14(22-16)20-15-19-12-3-1-2-4-13(12)23-15/h11H,1-10,17H2,(H,18,19,20)/q+1. The number of nitrogens with one attached hydrogen (secondary N) is 1. The van der Waals surface area contributed by atoms with Gasteiger partial charge in [-0.1, -0.05) is 0 Å². The smallest absolute Gasteiger partial charge is 0.373 e. The molecule has 3 fully saturated rings. The molecule has 1 aromatic heterocycles. The minimum atomic E-state index is -0.0511. The highest BCUT2D eigenvalue weighted by atomic mass is 32.1. The Labute approximate surface area is 142 Å². The van der Waals surface area contributed by atoms with Gasteiger partial charge in [-0.25, -0.2) is 9.98 Å². The number of hydrogen-bond donors (Lipinski definition) is 1. The zero-order chi connectivity index (χ0) is 15.5. The van der Waals surface area contributed by atoms with E-state index < -0.39 is 0 Å². The zero-order valence-electron chi connectivity index (χ0n) is 13.8. The van der Waals surface area contributed by atoms with Gasteiger partial charge in [-0.15, -0.1) is 11.3 Å². The molecule has 0 saturated carbocycles. The van der Waals surface area contributed by atoms with Gasteiger partial charge in [0.25, 0.3) is 6.02 Å². The van der Waals surface area contributed by atoms with Gasteiger partial charge in [0, 0.05) is 23.6 Å². The van der Waals surface area contributed by atoms with Crippen LogP contribution in [-0.4, -0.2) is 55.2 Å². The molecule has 7 heteroatoms. The van der Waals surface area contributed by atoms with Crippen molar-refractivity contribution in [2.75, 3.05) is 31.5 Å². The molecular formula is C16H24BN4OS+. The van der Waals surface area contributed by atoms with Gasteiger partial charge in [0.05, 0.1) is 25.3 Å². The summed E-state index contributed by atoms with van der Waals surface area (Å²) < 4.78 is 7.57. The number of amidine groups is 1. The molecule has 3 saturated heterocycles. The monoisotopic (exact) mass is 331 g/mol. The van der Waals surface area contributed by atoms with Gasteiger partial charge in [0.15, 0.2) is 10.7 Å². The van der Waals surface area contributed by atoms with E-state index in [-0.39, 0.29) is 5.60 Å². The Kier molecular flexibility index (Phi) is 3.08. The Hall–Kier alpha value is -1.08. The number of fused-ring (bicyclic) bond motifs is 3. The van der Waals surface area contributed by atoms with Crippen molar-refractivity contribution in [3.63, 3.8) is 0 Å². The largest absolute Gasteiger partial charge is 0.450 e. The molecule has 6 rings (SSSR count). The van der Waals surface area contributed by atoms with E-state index in [0.29, 0.717) is 11.9 Å². The molecule has 1 atom stereocenters. The minimum absolute atomic E-state index is 0.0511. The van der Waals surface area contributed by atoms with Crippen LogP contribution in [0.2, 0.25) is 0 Å². The van der Waals surface area contributed by atoms with Crippen LogP contribution in [0.25, 0.3) is 0 Å². The second-order valence-corrected chi connectivity index (χ2v) is 9.09. The molecule has 2 bridgehead atoms. The number of thiazole rings is 1. The highest BCUT2D eigenvalue weighted by Gasteiger charge is 2.57. The first kappa shape index (κ1) is 14.3. The molecule has 0 aromatic carbocycles. The fourth-order valence-electron chi connectivity index (χ4n) is 4.97. The van der Waals surface area contributed by atoms with E-state index in [1.54, 1.807) is 11.3 Å². The molecule has 1 aliphatic carbocycles. The van der Waals surface area contributed by atoms with Gasteiger partial charge < -0.3 is 9.13 Å². The third-order valence-electron chi connectivity index (χ3n) is 6.28. The van der Waals surface area contributed by atoms with Crippen molar-refractivity contribution in [2.45, 2.75) is 44.1 Å². The lowest BCUT2D eigenvalue weighted by atomic mass is 9.72. The van der Waals surface area contributed by atoms with E-state index in [1.807, 2.05) is 0 Å². The Morgan fingerprint density at radius 1 is 1.26 bits per heavy atom. The van der Waals surface area contributed by atoms with Crippen molar-refractivity contribution in [1.82, 2.24) is 4.98 Å². The number of aromatic nitrogens is 1. The molecule has 0 radical (unpaired) electrons. The summed E-state index contributed by atoms with van der Waals surface area (Å²) in [5.41, 5.74) is 1.24. The number of aliphatic imine (C=N–C) groups is 1. The van der Waals surface area contributed by atoms with Crippen LogP contribution in [0, 0.1) is 5.92 Å². The fourth-order valence-corrected chi connectivity index (χ4v) is 6.01. The lowest BCUT2D eigenvalue weighted by Crippen LogP contribution is -2.69. The summed E-state index contributed by atoms with van der Waals surface area (Å²) in [7, 11) is 2.38. The Balaban J connectivity index is 1.31. The van der Waals surface area contributed by atoms with Crippen molar-refractivity contribution < 1.29 is 9.13 Å². The molecule has 1 aromatic rings. The van der Waals surface area contributed by atoms with Crippen LogP contribution >= 0.6 is 11.3 Å². The highest BCUT2D eigenvalue weighted by Crippen LogP contribution is 2.43. The van der Waals surface area contributed by atoms with Gasteiger partial charge in [-0.3, -0.25) is 5.32 Å². The van der Waals surface area contributed by atoms with E-state index in [2.05, 4.69) is 13.3 Å². The van der Waals surface area contributed by atoms with Crippen LogP contribution in [0.5, 0.6) is 0 Å². The predicted octanol–water partition coefficient (Wildman–Crippen LogP) is 1.35. The minimum Gasteiger partial charge on any atom is -0.450 e. The second kappa shape index (κ2) is 4.96. The second-order valence-electron chi connectivity index (χ2n) is 8.01. The Bertz CT molecular complexity index is 644. The van der Waals surface area contributed by atoms with Gasteiger partial charge in [-0.2, -0.15) is 0 Å². The molecule has 0 amide bonds. The van der Waals surface area contributed by atoms with Crippen LogP contribution in [0.4, 0.5) is 5.13 Å². The lowest BCUT2D eigenvalue weighted by molar-refractivity contribution is -0.845. The first-order valence-corrected chi connectivity index (χ1v) is 9.79. The van der Waals surface area contributed by atoms with E-state index in [9.17, 15) is 0 Å². The molecule has 5 aliphatic rings. The lowest BCUT2D eigenvalue weighted by Gasteiger charge is -2.55. The van der Waals surface area contributed by atoms with Crippen LogP contribution in [-0.2, 0) is 17.6 Å². The molecule has 122 valence electrons. The van der Waals surface area contributed by atoms with Crippen LogP contribution < -0.4 is 5.32 Å². The fraction of sp³-hybridized carbons (Fsp3) is 0.750. The van der Waals surface area contributed by atoms with Crippen LogP contribution in [0.1, 0.15) is 36.3 Å². The summed E-state index contributed by atoms with van der Waals surface area (Å²) in [5.74, 6) is 0.676. The normalized spacial score (nSPS) is 38.3. The average molecular weight is 331 g/mol. The van der Waals surface area contributed by atoms with Gasteiger partial charge in [0.1, 0.15) is 6.54 Å².